The van der Waals surface area contributed by atoms with Gasteiger partial charge in [-0.05, 0) is 37.5 Å². The average molecular weight is 348 g/mol. The minimum Gasteiger partial charge on any atom is -0.342 e. The fourth-order valence-electron chi connectivity index (χ4n) is 3.85. The van der Waals surface area contributed by atoms with Gasteiger partial charge in [0.15, 0.2) is 5.65 Å². The molecular weight excluding hydrogens is 324 g/mol. The average Bonchev–Trinajstić information content (AvgIpc) is 3.31. The van der Waals surface area contributed by atoms with Crippen molar-refractivity contribution in [2.24, 2.45) is 0 Å². The number of imidazole rings is 1. The Kier molecular flexibility index (Phi) is 4.69. The van der Waals surface area contributed by atoms with E-state index in [2.05, 4.69) is 28.6 Å². The zero-order valence-electron chi connectivity index (χ0n) is 15.1. The standard InChI is InChI=1S/C21H24N4O/c1-2-25-20(23-18-9-6-13-22-21(18)25)17-12-14-24(15-17)19(26)11-10-16-7-4-3-5-8-16/h3-9,13,17H,2,10-12,14-15H2,1H3. The Hall–Kier alpha value is -2.69. The lowest BCUT2D eigenvalue weighted by Crippen LogP contribution is -2.29. The predicted molar refractivity (Wildman–Crippen MR) is 102 cm³/mol. The Labute approximate surface area is 153 Å². The summed E-state index contributed by atoms with van der Waals surface area (Å²) in [6, 6.07) is 14.1. The normalized spacial score (nSPS) is 17.1. The smallest absolute Gasteiger partial charge is 0.222 e. The molecule has 1 amide bonds. The highest BCUT2D eigenvalue weighted by molar-refractivity contribution is 5.77. The van der Waals surface area contributed by atoms with Gasteiger partial charge in [0, 0.05) is 38.2 Å². The van der Waals surface area contributed by atoms with Crippen LogP contribution >= 0.6 is 0 Å². The molecule has 1 aromatic carbocycles. The van der Waals surface area contributed by atoms with Crippen LogP contribution in [0.2, 0.25) is 0 Å². The SMILES string of the molecule is CCn1c(C2CCN(C(=O)CCc3ccccc3)C2)nc2cccnc21. The summed E-state index contributed by atoms with van der Waals surface area (Å²) in [5.41, 5.74) is 3.10. The molecule has 3 aromatic rings. The molecule has 1 aliphatic heterocycles. The summed E-state index contributed by atoms with van der Waals surface area (Å²) in [5, 5.41) is 0. The van der Waals surface area contributed by atoms with E-state index in [9.17, 15) is 4.79 Å². The van der Waals surface area contributed by atoms with Gasteiger partial charge in [0.2, 0.25) is 5.91 Å². The molecule has 3 heterocycles. The van der Waals surface area contributed by atoms with Crippen molar-refractivity contribution in [2.75, 3.05) is 13.1 Å². The quantitative estimate of drug-likeness (QED) is 0.710. The largest absolute Gasteiger partial charge is 0.342 e. The van der Waals surface area contributed by atoms with Gasteiger partial charge in [-0.25, -0.2) is 9.97 Å². The van der Waals surface area contributed by atoms with Crippen molar-refractivity contribution in [3.63, 3.8) is 0 Å². The van der Waals surface area contributed by atoms with Crippen molar-refractivity contribution in [3.05, 3.63) is 60.0 Å². The predicted octanol–water partition coefficient (Wildman–Crippen LogP) is 3.40. The van der Waals surface area contributed by atoms with Crippen LogP contribution in [-0.2, 0) is 17.8 Å². The number of carbonyl (C=O) groups is 1. The van der Waals surface area contributed by atoms with Gasteiger partial charge in [-0.2, -0.15) is 0 Å². The van der Waals surface area contributed by atoms with Crippen LogP contribution in [0.15, 0.2) is 48.7 Å². The third kappa shape index (κ3) is 3.21. The molecule has 1 fully saturated rings. The van der Waals surface area contributed by atoms with Gasteiger partial charge in [0.25, 0.3) is 0 Å². The van der Waals surface area contributed by atoms with Crippen LogP contribution in [0, 0.1) is 0 Å². The van der Waals surface area contributed by atoms with E-state index in [1.54, 1.807) is 0 Å². The molecule has 1 saturated heterocycles. The zero-order valence-corrected chi connectivity index (χ0v) is 15.1. The van der Waals surface area contributed by atoms with E-state index in [-0.39, 0.29) is 5.91 Å². The molecule has 5 heteroatoms. The Morgan fingerprint density at radius 1 is 1.19 bits per heavy atom. The van der Waals surface area contributed by atoms with E-state index >= 15 is 0 Å². The molecule has 0 bridgehead atoms. The number of pyridine rings is 1. The third-order valence-corrected chi connectivity index (χ3v) is 5.23. The van der Waals surface area contributed by atoms with Gasteiger partial charge >= 0.3 is 0 Å². The molecule has 0 saturated carbocycles. The van der Waals surface area contributed by atoms with Gasteiger partial charge < -0.3 is 9.47 Å². The summed E-state index contributed by atoms with van der Waals surface area (Å²) in [7, 11) is 0. The maximum atomic E-state index is 12.6. The number of hydrogen-bond donors (Lipinski definition) is 0. The maximum Gasteiger partial charge on any atom is 0.222 e. The van der Waals surface area contributed by atoms with Gasteiger partial charge in [-0.3, -0.25) is 4.79 Å². The number of amides is 1. The number of aromatic nitrogens is 3. The third-order valence-electron chi connectivity index (χ3n) is 5.23. The molecule has 26 heavy (non-hydrogen) atoms. The highest BCUT2D eigenvalue weighted by atomic mass is 16.2. The summed E-state index contributed by atoms with van der Waals surface area (Å²) in [6.45, 7) is 4.55. The lowest BCUT2D eigenvalue weighted by atomic mass is 10.1. The highest BCUT2D eigenvalue weighted by Crippen LogP contribution is 2.29. The number of aryl methyl sites for hydroxylation is 2. The molecule has 0 radical (unpaired) electrons. The van der Waals surface area contributed by atoms with E-state index in [1.807, 2.05) is 41.4 Å². The van der Waals surface area contributed by atoms with Crippen LogP contribution in [0.3, 0.4) is 0 Å². The van der Waals surface area contributed by atoms with Gasteiger partial charge in [-0.1, -0.05) is 30.3 Å². The molecule has 0 aliphatic carbocycles. The molecule has 2 aromatic heterocycles. The Morgan fingerprint density at radius 2 is 2.04 bits per heavy atom. The number of likely N-dealkylation sites (tertiary alicyclic amines) is 1. The minimum atomic E-state index is 0.244. The molecule has 0 N–H and O–H groups in total. The van der Waals surface area contributed by atoms with Crippen LogP contribution in [0.4, 0.5) is 0 Å². The van der Waals surface area contributed by atoms with E-state index in [0.717, 1.165) is 49.5 Å². The Bertz CT molecular complexity index is 903. The van der Waals surface area contributed by atoms with Crippen molar-refractivity contribution in [1.29, 1.82) is 0 Å². The summed E-state index contributed by atoms with van der Waals surface area (Å²) >= 11 is 0. The molecule has 1 unspecified atom stereocenters. The summed E-state index contributed by atoms with van der Waals surface area (Å²) < 4.78 is 2.19. The van der Waals surface area contributed by atoms with E-state index in [1.165, 1.54) is 5.56 Å². The van der Waals surface area contributed by atoms with Gasteiger partial charge in [0.05, 0.1) is 0 Å². The van der Waals surface area contributed by atoms with Crippen LogP contribution in [0.25, 0.3) is 11.2 Å². The van der Waals surface area contributed by atoms with Crippen molar-refractivity contribution in [3.8, 4) is 0 Å². The lowest BCUT2D eigenvalue weighted by molar-refractivity contribution is -0.130. The summed E-state index contributed by atoms with van der Waals surface area (Å²) in [4.78, 5) is 23.9. The molecule has 5 nitrogen and oxygen atoms in total. The second-order valence-corrected chi connectivity index (χ2v) is 6.87. The maximum absolute atomic E-state index is 12.6. The Balaban J connectivity index is 1.44. The number of hydrogen-bond acceptors (Lipinski definition) is 3. The van der Waals surface area contributed by atoms with Crippen LogP contribution < -0.4 is 0 Å². The molecule has 0 spiro atoms. The van der Waals surface area contributed by atoms with E-state index in [0.29, 0.717) is 12.3 Å². The number of rotatable bonds is 5. The monoisotopic (exact) mass is 348 g/mol. The fourth-order valence-corrected chi connectivity index (χ4v) is 3.85. The molecule has 1 aliphatic rings. The number of nitrogens with zero attached hydrogens (tertiary/aromatic N) is 4. The number of fused-ring (bicyclic) bond motifs is 1. The lowest BCUT2D eigenvalue weighted by Gasteiger charge is -2.17. The van der Waals surface area contributed by atoms with Crippen LogP contribution in [0.1, 0.15) is 37.1 Å². The molecule has 4 rings (SSSR count). The van der Waals surface area contributed by atoms with E-state index in [4.69, 9.17) is 4.98 Å². The van der Waals surface area contributed by atoms with Gasteiger partial charge in [-0.15, -0.1) is 0 Å². The van der Waals surface area contributed by atoms with Crippen molar-refractivity contribution < 1.29 is 4.79 Å². The second-order valence-electron chi connectivity index (χ2n) is 6.87. The first-order valence-electron chi connectivity index (χ1n) is 9.39. The Morgan fingerprint density at radius 3 is 2.85 bits per heavy atom. The first-order valence-corrected chi connectivity index (χ1v) is 9.39. The van der Waals surface area contributed by atoms with Gasteiger partial charge in [0.1, 0.15) is 11.3 Å². The molecule has 134 valence electrons. The first kappa shape index (κ1) is 16.8. The molecular formula is C21H24N4O. The first-order chi connectivity index (χ1) is 12.8. The fraction of sp³-hybridized carbons (Fsp3) is 0.381. The number of carbonyl (C=O) groups excluding carboxylic acids is 1. The van der Waals surface area contributed by atoms with Crippen LogP contribution in [0.5, 0.6) is 0 Å². The second kappa shape index (κ2) is 7.28. The summed E-state index contributed by atoms with van der Waals surface area (Å²) in [5.74, 6) is 1.61. The molecule has 1 atom stereocenters. The topological polar surface area (TPSA) is 51.0 Å². The number of benzene rings is 1. The van der Waals surface area contributed by atoms with Crippen molar-refractivity contribution in [1.82, 2.24) is 19.4 Å². The minimum absolute atomic E-state index is 0.244. The van der Waals surface area contributed by atoms with Crippen LogP contribution in [-0.4, -0.2) is 38.4 Å². The highest BCUT2D eigenvalue weighted by Gasteiger charge is 2.30. The van der Waals surface area contributed by atoms with Crippen molar-refractivity contribution >= 4 is 17.1 Å². The van der Waals surface area contributed by atoms with Crippen molar-refractivity contribution in [2.45, 2.75) is 38.6 Å². The van der Waals surface area contributed by atoms with E-state index < -0.39 is 0 Å². The summed E-state index contributed by atoms with van der Waals surface area (Å²) in [6.07, 6.45) is 4.16. The zero-order chi connectivity index (χ0) is 17.9.